The average Bonchev–Trinajstić information content (AvgIpc) is 2.92. The predicted molar refractivity (Wildman–Crippen MR) is 80.4 cm³/mol. The summed E-state index contributed by atoms with van der Waals surface area (Å²) in [7, 11) is 4.04. The van der Waals surface area contributed by atoms with E-state index in [2.05, 4.69) is 32.7 Å². The van der Waals surface area contributed by atoms with E-state index in [0.717, 1.165) is 34.5 Å². The molecule has 3 rings (SSSR count). The summed E-state index contributed by atoms with van der Waals surface area (Å²) in [4.78, 5) is 9.10. The summed E-state index contributed by atoms with van der Waals surface area (Å²) in [6.07, 6.45) is 2.67. The first-order valence-corrected chi connectivity index (χ1v) is 6.75. The Hall–Kier alpha value is -2.14. The molecule has 0 radical (unpaired) electrons. The predicted octanol–water partition coefficient (Wildman–Crippen LogP) is 1.78. The smallest absolute Gasteiger partial charge is 0.106 e. The lowest BCUT2D eigenvalue weighted by atomic mass is 10.1. The molecule has 0 fully saturated rings. The molecular formula is C15H19N5. The van der Waals surface area contributed by atoms with Gasteiger partial charge in [0.1, 0.15) is 5.82 Å². The number of rotatable bonds is 3. The monoisotopic (exact) mass is 269 g/mol. The number of aromatic nitrogens is 4. The molecule has 0 spiro atoms. The molecule has 5 heteroatoms. The molecular weight excluding hydrogens is 250 g/mol. The molecule has 0 bridgehead atoms. The third-order valence-corrected chi connectivity index (χ3v) is 3.82. The van der Waals surface area contributed by atoms with E-state index in [1.165, 1.54) is 5.69 Å². The maximum Gasteiger partial charge on any atom is 0.106 e. The molecule has 5 nitrogen and oxygen atoms in total. The van der Waals surface area contributed by atoms with Gasteiger partial charge in [0.15, 0.2) is 0 Å². The number of nitrogens with two attached hydrogens (primary N) is 1. The number of aryl methyl sites for hydroxylation is 3. The van der Waals surface area contributed by atoms with Crippen molar-refractivity contribution in [3.05, 3.63) is 36.0 Å². The molecule has 3 aromatic rings. The summed E-state index contributed by atoms with van der Waals surface area (Å²) in [5.74, 6) is 1.01. The Kier molecular flexibility index (Phi) is 3.06. The Morgan fingerprint density at radius 2 is 2.05 bits per heavy atom. The topological polar surface area (TPSA) is 61.7 Å². The van der Waals surface area contributed by atoms with Crippen LogP contribution in [0.5, 0.6) is 0 Å². The minimum atomic E-state index is 0.622. The Labute approximate surface area is 118 Å². The summed E-state index contributed by atoms with van der Waals surface area (Å²) < 4.78 is 4.13. The van der Waals surface area contributed by atoms with Gasteiger partial charge >= 0.3 is 0 Å². The third kappa shape index (κ3) is 1.91. The van der Waals surface area contributed by atoms with Gasteiger partial charge in [0.05, 0.1) is 23.1 Å². The van der Waals surface area contributed by atoms with Crippen molar-refractivity contribution in [1.29, 1.82) is 0 Å². The Morgan fingerprint density at radius 3 is 2.80 bits per heavy atom. The number of nitrogens with zero attached hydrogens (tertiary/aromatic N) is 4. The van der Waals surface area contributed by atoms with E-state index >= 15 is 0 Å². The van der Waals surface area contributed by atoms with E-state index in [4.69, 9.17) is 5.73 Å². The molecule has 0 saturated carbocycles. The standard InChI is InChI=1S/C15H19N5/c1-10-18-12-8-11(4-5-13(12)20(10)3)15-14(6-7-16)19(2)9-17-15/h4-5,8-9H,6-7,16H2,1-3H3. The fourth-order valence-electron chi connectivity index (χ4n) is 2.60. The van der Waals surface area contributed by atoms with Crippen molar-refractivity contribution < 1.29 is 0 Å². The van der Waals surface area contributed by atoms with Crippen molar-refractivity contribution in [3.8, 4) is 11.3 Å². The fourth-order valence-corrected chi connectivity index (χ4v) is 2.60. The van der Waals surface area contributed by atoms with Crippen molar-refractivity contribution in [1.82, 2.24) is 19.1 Å². The molecule has 0 aliphatic heterocycles. The van der Waals surface area contributed by atoms with Crippen molar-refractivity contribution in [3.63, 3.8) is 0 Å². The van der Waals surface area contributed by atoms with Crippen LogP contribution in [0.2, 0.25) is 0 Å². The molecule has 2 N–H and O–H groups in total. The van der Waals surface area contributed by atoms with Crippen molar-refractivity contribution in [2.75, 3.05) is 6.54 Å². The Balaban J connectivity index is 2.15. The number of imidazole rings is 2. The van der Waals surface area contributed by atoms with Crippen molar-refractivity contribution in [2.45, 2.75) is 13.3 Å². The maximum absolute atomic E-state index is 5.69. The first-order chi connectivity index (χ1) is 9.61. The zero-order chi connectivity index (χ0) is 14.3. The van der Waals surface area contributed by atoms with Gasteiger partial charge in [-0.15, -0.1) is 0 Å². The second kappa shape index (κ2) is 4.76. The van der Waals surface area contributed by atoms with Crippen LogP contribution < -0.4 is 5.73 Å². The number of hydrogen-bond acceptors (Lipinski definition) is 3. The van der Waals surface area contributed by atoms with Gasteiger partial charge in [-0.1, -0.05) is 6.07 Å². The first kappa shape index (κ1) is 12.9. The van der Waals surface area contributed by atoms with Crippen LogP contribution in [-0.2, 0) is 20.5 Å². The highest BCUT2D eigenvalue weighted by Gasteiger charge is 2.12. The number of fused-ring (bicyclic) bond motifs is 1. The lowest BCUT2D eigenvalue weighted by Crippen LogP contribution is -2.07. The van der Waals surface area contributed by atoms with Crippen LogP contribution in [0.4, 0.5) is 0 Å². The van der Waals surface area contributed by atoms with E-state index < -0.39 is 0 Å². The fraction of sp³-hybridized carbons (Fsp3) is 0.333. The summed E-state index contributed by atoms with van der Waals surface area (Å²) >= 11 is 0. The summed E-state index contributed by atoms with van der Waals surface area (Å²) in [6.45, 7) is 2.64. The molecule has 104 valence electrons. The first-order valence-electron chi connectivity index (χ1n) is 6.75. The molecule has 0 unspecified atom stereocenters. The van der Waals surface area contributed by atoms with Crippen LogP contribution in [-0.4, -0.2) is 25.6 Å². The van der Waals surface area contributed by atoms with E-state index in [9.17, 15) is 0 Å². The molecule has 20 heavy (non-hydrogen) atoms. The molecule has 0 saturated heterocycles. The second-order valence-corrected chi connectivity index (χ2v) is 5.11. The van der Waals surface area contributed by atoms with Crippen LogP contribution in [0, 0.1) is 6.92 Å². The van der Waals surface area contributed by atoms with Gasteiger partial charge in [-0.2, -0.15) is 0 Å². The van der Waals surface area contributed by atoms with Crippen LogP contribution in [0.1, 0.15) is 11.5 Å². The molecule has 1 aromatic carbocycles. The number of hydrogen-bond donors (Lipinski definition) is 1. The Bertz CT molecular complexity index is 766. The second-order valence-electron chi connectivity index (χ2n) is 5.11. The minimum Gasteiger partial charge on any atom is -0.337 e. The van der Waals surface area contributed by atoms with Gasteiger partial charge in [-0.3, -0.25) is 0 Å². The highest BCUT2D eigenvalue weighted by atomic mass is 15.1. The van der Waals surface area contributed by atoms with Gasteiger partial charge in [-0.05, 0) is 25.6 Å². The van der Waals surface area contributed by atoms with E-state index in [-0.39, 0.29) is 0 Å². The van der Waals surface area contributed by atoms with Crippen LogP contribution >= 0.6 is 0 Å². The normalized spacial score (nSPS) is 11.4. The van der Waals surface area contributed by atoms with Crippen molar-refractivity contribution >= 4 is 11.0 Å². The average molecular weight is 269 g/mol. The summed E-state index contributed by atoms with van der Waals surface area (Å²) in [6, 6.07) is 6.31. The summed E-state index contributed by atoms with van der Waals surface area (Å²) in [5.41, 5.74) is 11.1. The van der Waals surface area contributed by atoms with Gasteiger partial charge < -0.3 is 14.9 Å². The minimum absolute atomic E-state index is 0.622. The summed E-state index contributed by atoms with van der Waals surface area (Å²) in [5, 5.41) is 0. The third-order valence-electron chi connectivity index (χ3n) is 3.82. The van der Waals surface area contributed by atoms with Crippen molar-refractivity contribution in [2.24, 2.45) is 19.8 Å². The van der Waals surface area contributed by atoms with E-state index in [0.29, 0.717) is 6.54 Å². The lowest BCUT2D eigenvalue weighted by Gasteiger charge is -2.05. The van der Waals surface area contributed by atoms with Gasteiger partial charge in [-0.25, -0.2) is 9.97 Å². The molecule has 0 amide bonds. The van der Waals surface area contributed by atoms with Crippen LogP contribution in [0.15, 0.2) is 24.5 Å². The Morgan fingerprint density at radius 1 is 1.25 bits per heavy atom. The largest absolute Gasteiger partial charge is 0.337 e. The van der Waals surface area contributed by atoms with Gasteiger partial charge in [0.25, 0.3) is 0 Å². The molecule has 0 atom stereocenters. The molecule has 0 aliphatic rings. The SMILES string of the molecule is Cc1nc2cc(-c3ncn(C)c3CCN)ccc2n1C. The highest BCUT2D eigenvalue weighted by molar-refractivity contribution is 5.82. The maximum atomic E-state index is 5.69. The lowest BCUT2D eigenvalue weighted by molar-refractivity contribution is 0.805. The van der Waals surface area contributed by atoms with Crippen LogP contribution in [0.25, 0.3) is 22.3 Å². The molecule has 2 heterocycles. The van der Waals surface area contributed by atoms with Gasteiger partial charge in [0, 0.05) is 31.8 Å². The molecule has 0 aliphatic carbocycles. The van der Waals surface area contributed by atoms with E-state index in [1.54, 1.807) is 0 Å². The van der Waals surface area contributed by atoms with Crippen LogP contribution in [0.3, 0.4) is 0 Å². The van der Waals surface area contributed by atoms with E-state index in [1.807, 2.05) is 31.9 Å². The quantitative estimate of drug-likeness (QED) is 0.788. The zero-order valence-electron chi connectivity index (χ0n) is 12.1. The molecule has 2 aromatic heterocycles. The zero-order valence-corrected chi connectivity index (χ0v) is 12.1. The number of benzene rings is 1. The van der Waals surface area contributed by atoms with Gasteiger partial charge in [0.2, 0.25) is 0 Å². The highest BCUT2D eigenvalue weighted by Crippen LogP contribution is 2.26.